The first-order valence-electron chi connectivity index (χ1n) is 7.09. The largest absolute Gasteiger partial charge is 0.364 e. The quantitative estimate of drug-likeness (QED) is 0.844. The predicted octanol–water partition coefficient (Wildman–Crippen LogP) is 0.384. The molecule has 0 spiro atoms. The molecule has 0 aromatic carbocycles. The van der Waals surface area contributed by atoms with Crippen LogP contribution in [-0.2, 0) is 0 Å². The molecule has 1 aliphatic rings. The first kappa shape index (κ1) is 13.1. The van der Waals surface area contributed by atoms with E-state index in [1.54, 1.807) is 0 Å². The summed E-state index contributed by atoms with van der Waals surface area (Å²) in [6.45, 7) is 6.22. The van der Waals surface area contributed by atoms with Gasteiger partial charge in [-0.15, -0.1) is 5.10 Å². The molecule has 2 aromatic rings. The minimum atomic E-state index is -0.294. The van der Waals surface area contributed by atoms with Gasteiger partial charge in [-0.1, -0.05) is 13.8 Å². The molecule has 7 nitrogen and oxygen atoms in total. The van der Waals surface area contributed by atoms with Gasteiger partial charge in [-0.2, -0.15) is 9.61 Å². The maximum absolute atomic E-state index is 11.6. The normalized spacial score (nSPS) is 19.4. The highest BCUT2D eigenvalue weighted by molar-refractivity contribution is 5.46. The van der Waals surface area contributed by atoms with Crippen LogP contribution in [0.2, 0.25) is 0 Å². The molecule has 0 radical (unpaired) electrons. The summed E-state index contributed by atoms with van der Waals surface area (Å²) < 4.78 is 1.32. The third-order valence-electron chi connectivity index (χ3n) is 3.69. The highest BCUT2D eigenvalue weighted by Gasteiger charge is 2.26. The summed E-state index contributed by atoms with van der Waals surface area (Å²) in [6.07, 6.45) is 2.31. The van der Waals surface area contributed by atoms with Gasteiger partial charge in [-0.3, -0.25) is 0 Å². The molecule has 1 saturated heterocycles. The molecular formula is C13H20N6O. The minimum absolute atomic E-state index is 0.294. The number of aromatic nitrogens is 4. The van der Waals surface area contributed by atoms with Gasteiger partial charge in [-0.25, -0.2) is 9.89 Å². The third-order valence-corrected chi connectivity index (χ3v) is 3.69. The Hall–Kier alpha value is -1.89. The first-order valence-corrected chi connectivity index (χ1v) is 7.09. The fourth-order valence-electron chi connectivity index (χ4n) is 2.67. The molecule has 1 aliphatic heterocycles. The summed E-state index contributed by atoms with van der Waals surface area (Å²) in [5, 5.41) is 14.2. The number of H-pyrrole nitrogens is 1. The topological polar surface area (TPSA) is 78.3 Å². The van der Waals surface area contributed by atoms with Crippen LogP contribution in [0.1, 0.15) is 26.7 Å². The van der Waals surface area contributed by atoms with Crippen LogP contribution in [0.25, 0.3) is 5.65 Å². The molecule has 1 fully saturated rings. The average Bonchev–Trinajstić information content (AvgIpc) is 3.03. The Morgan fingerprint density at radius 3 is 3.15 bits per heavy atom. The molecule has 1 unspecified atom stereocenters. The van der Waals surface area contributed by atoms with Crippen LogP contribution in [0.3, 0.4) is 0 Å². The number of aromatic amines is 1. The minimum Gasteiger partial charge on any atom is -0.351 e. The van der Waals surface area contributed by atoms with Crippen LogP contribution in [0.15, 0.2) is 16.9 Å². The molecule has 7 heteroatoms. The first-order chi connectivity index (χ1) is 9.65. The van der Waals surface area contributed by atoms with Crippen molar-refractivity contribution in [3.63, 3.8) is 0 Å². The van der Waals surface area contributed by atoms with Gasteiger partial charge >= 0.3 is 5.69 Å². The number of nitrogens with one attached hydrogen (secondary N) is 2. The lowest BCUT2D eigenvalue weighted by Crippen LogP contribution is -2.40. The van der Waals surface area contributed by atoms with Gasteiger partial charge in [0.05, 0.1) is 0 Å². The fraction of sp³-hybridized carbons (Fsp3) is 0.615. The highest BCUT2D eigenvalue weighted by atomic mass is 16.2. The van der Waals surface area contributed by atoms with E-state index in [0.29, 0.717) is 17.7 Å². The molecule has 0 bridgehead atoms. The van der Waals surface area contributed by atoms with Crippen LogP contribution in [-0.4, -0.2) is 45.0 Å². The van der Waals surface area contributed by atoms with Gasteiger partial charge < -0.3 is 10.2 Å². The van der Waals surface area contributed by atoms with Crippen molar-refractivity contribution in [3.05, 3.63) is 22.6 Å². The summed E-state index contributed by atoms with van der Waals surface area (Å²) in [7, 11) is 0. The Bertz CT molecular complexity index is 646. The van der Waals surface area contributed by atoms with Crippen molar-refractivity contribution < 1.29 is 0 Å². The Morgan fingerprint density at radius 2 is 2.35 bits per heavy atom. The van der Waals surface area contributed by atoms with E-state index >= 15 is 0 Å². The van der Waals surface area contributed by atoms with Crippen LogP contribution in [0.4, 0.5) is 5.82 Å². The lowest BCUT2D eigenvalue weighted by Gasteiger charge is -2.26. The number of anilines is 1. The maximum Gasteiger partial charge on any atom is 0.364 e. The van der Waals surface area contributed by atoms with E-state index in [0.717, 1.165) is 31.7 Å². The van der Waals surface area contributed by atoms with Crippen molar-refractivity contribution in [2.24, 2.45) is 0 Å². The van der Waals surface area contributed by atoms with Crippen LogP contribution < -0.4 is 15.9 Å². The predicted molar refractivity (Wildman–Crippen MR) is 77.1 cm³/mol. The van der Waals surface area contributed by atoms with E-state index in [2.05, 4.69) is 39.4 Å². The molecule has 20 heavy (non-hydrogen) atoms. The molecular weight excluding hydrogens is 256 g/mol. The summed E-state index contributed by atoms with van der Waals surface area (Å²) in [5.74, 6) is 0.842. The smallest absolute Gasteiger partial charge is 0.351 e. The van der Waals surface area contributed by atoms with E-state index in [9.17, 15) is 4.79 Å². The van der Waals surface area contributed by atoms with E-state index < -0.39 is 0 Å². The van der Waals surface area contributed by atoms with Gasteiger partial charge in [0.15, 0.2) is 5.65 Å². The Kier molecular flexibility index (Phi) is 3.43. The second-order valence-electron chi connectivity index (χ2n) is 5.54. The lowest BCUT2D eigenvalue weighted by molar-refractivity contribution is 0.521. The van der Waals surface area contributed by atoms with Crippen molar-refractivity contribution in [2.75, 3.05) is 18.0 Å². The highest BCUT2D eigenvalue weighted by Crippen LogP contribution is 2.23. The fourth-order valence-corrected chi connectivity index (χ4v) is 2.67. The molecule has 0 amide bonds. The summed E-state index contributed by atoms with van der Waals surface area (Å²) in [5.41, 5.74) is 0.257. The zero-order valence-corrected chi connectivity index (χ0v) is 11.8. The summed E-state index contributed by atoms with van der Waals surface area (Å²) >= 11 is 0. The zero-order chi connectivity index (χ0) is 14.1. The SMILES string of the molecule is CC(C)NCC1CCCN1c1ccc2n[nH]c(=O)n2n1. The second kappa shape index (κ2) is 5.24. The van der Waals surface area contributed by atoms with Crippen molar-refractivity contribution in [1.29, 1.82) is 0 Å². The van der Waals surface area contributed by atoms with E-state index in [1.165, 1.54) is 4.52 Å². The van der Waals surface area contributed by atoms with E-state index in [4.69, 9.17) is 0 Å². The number of hydrogen-bond donors (Lipinski definition) is 2. The Morgan fingerprint density at radius 1 is 1.50 bits per heavy atom. The van der Waals surface area contributed by atoms with E-state index in [-0.39, 0.29) is 5.69 Å². The molecule has 3 heterocycles. The van der Waals surface area contributed by atoms with Crippen molar-refractivity contribution in [3.8, 4) is 0 Å². The number of rotatable bonds is 4. The van der Waals surface area contributed by atoms with Crippen molar-refractivity contribution >= 4 is 11.5 Å². The van der Waals surface area contributed by atoms with Crippen LogP contribution >= 0.6 is 0 Å². The molecule has 1 atom stereocenters. The summed E-state index contributed by atoms with van der Waals surface area (Å²) in [6, 6.07) is 4.67. The zero-order valence-electron chi connectivity index (χ0n) is 11.8. The van der Waals surface area contributed by atoms with Gasteiger partial charge in [0.1, 0.15) is 5.82 Å². The third kappa shape index (κ3) is 2.40. The monoisotopic (exact) mass is 276 g/mol. The number of fused-ring (bicyclic) bond motifs is 1. The molecule has 108 valence electrons. The van der Waals surface area contributed by atoms with Gasteiger partial charge in [0, 0.05) is 25.2 Å². The standard InChI is InChI=1S/C13H20N6O/c1-9(2)14-8-10-4-3-7-18(10)12-6-5-11-15-16-13(20)19(11)17-12/h5-6,9-10,14H,3-4,7-8H2,1-2H3,(H,16,20). The van der Waals surface area contributed by atoms with Gasteiger partial charge in [0.2, 0.25) is 0 Å². The molecule has 2 N–H and O–H groups in total. The van der Waals surface area contributed by atoms with Gasteiger partial charge in [0.25, 0.3) is 0 Å². The number of nitrogens with zero attached hydrogens (tertiary/aromatic N) is 4. The second-order valence-corrected chi connectivity index (χ2v) is 5.54. The molecule has 0 saturated carbocycles. The Balaban J connectivity index is 1.85. The van der Waals surface area contributed by atoms with Crippen LogP contribution in [0.5, 0.6) is 0 Å². The molecule has 2 aromatic heterocycles. The average molecular weight is 276 g/mol. The van der Waals surface area contributed by atoms with Crippen molar-refractivity contribution in [2.45, 2.75) is 38.8 Å². The van der Waals surface area contributed by atoms with Crippen molar-refractivity contribution in [1.82, 2.24) is 25.1 Å². The summed E-state index contributed by atoms with van der Waals surface area (Å²) in [4.78, 5) is 13.9. The molecule has 0 aliphatic carbocycles. The Labute approximate surface area is 117 Å². The number of hydrogen-bond acceptors (Lipinski definition) is 5. The van der Waals surface area contributed by atoms with Crippen LogP contribution in [0, 0.1) is 0 Å². The van der Waals surface area contributed by atoms with Gasteiger partial charge in [-0.05, 0) is 25.0 Å². The maximum atomic E-state index is 11.6. The molecule has 3 rings (SSSR count). The lowest BCUT2D eigenvalue weighted by atomic mass is 10.2. The van der Waals surface area contributed by atoms with E-state index in [1.807, 2.05) is 12.1 Å².